The molecule has 2 N–H and O–H groups in total. The van der Waals surface area contributed by atoms with E-state index in [9.17, 15) is 22.8 Å². The Morgan fingerprint density at radius 1 is 1.29 bits per heavy atom. The zero-order chi connectivity index (χ0) is 17.5. The minimum absolute atomic E-state index is 0.0579. The molecule has 0 aromatic carbocycles. The van der Waals surface area contributed by atoms with Crippen molar-refractivity contribution >= 4 is 27.7 Å². The van der Waals surface area contributed by atoms with Crippen LogP contribution in [-0.4, -0.2) is 60.8 Å². The van der Waals surface area contributed by atoms with E-state index in [1.807, 2.05) is 0 Å². The van der Waals surface area contributed by atoms with Crippen molar-refractivity contribution in [2.75, 3.05) is 18.1 Å². The van der Waals surface area contributed by atoms with Gasteiger partial charge in [-0.3, -0.25) is 14.5 Å². The van der Waals surface area contributed by atoms with E-state index in [1.54, 1.807) is 0 Å². The average molecular weight is 357 g/mol. The summed E-state index contributed by atoms with van der Waals surface area (Å²) in [7, 11) is -3.09. The molecule has 0 unspecified atom stereocenters. The lowest BCUT2D eigenvalue weighted by Gasteiger charge is -2.33. The Balaban J connectivity index is 1.60. The first-order chi connectivity index (χ1) is 11.2. The van der Waals surface area contributed by atoms with Gasteiger partial charge >= 0.3 is 6.03 Å². The minimum atomic E-state index is -3.09. The number of nitrogens with zero attached hydrogens (tertiary/aromatic N) is 1. The van der Waals surface area contributed by atoms with Crippen molar-refractivity contribution in [3.05, 3.63) is 0 Å². The Morgan fingerprint density at radius 2 is 1.96 bits per heavy atom. The van der Waals surface area contributed by atoms with Gasteiger partial charge < -0.3 is 10.6 Å². The molecule has 0 radical (unpaired) electrons. The Labute approximate surface area is 141 Å². The SMILES string of the molecule is CC1CCC2(CC1)NC(=O)N(CC(=O)N[C@@H]1CCS(=O)(=O)C1)C2=O. The van der Waals surface area contributed by atoms with Crippen molar-refractivity contribution in [2.24, 2.45) is 5.92 Å². The van der Waals surface area contributed by atoms with E-state index in [0.717, 1.165) is 17.7 Å². The largest absolute Gasteiger partial charge is 0.351 e. The summed E-state index contributed by atoms with van der Waals surface area (Å²) in [6, 6.07) is -0.975. The molecular formula is C15H23N3O5S. The second kappa shape index (κ2) is 6.02. The van der Waals surface area contributed by atoms with Crippen LogP contribution < -0.4 is 10.6 Å². The number of urea groups is 1. The molecule has 1 spiro atoms. The zero-order valence-corrected chi connectivity index (χ0v) is 14.5. The molecule has 3 aliphatic rings. The maximum atomic E-state index is 12.6. The Kier molecular flexibility index (Phi) is 4.31. The van der Waals surface area contributed by atoms with E-state index in [-0.39, 0.29) is 24.0 Å². The molecule has 4 amide bonds. The van der Waals surface area contributed by atoms with Crippen molar-refractivity contribution < 1.29 is 22.8 Å². The lowest BCUT2D eigenvalue weighted by atomic mass is 9.77. The lowest BCUT2D eigenvalue weighted by molar-refractivity contribution is -0.136. The highest BCUT2D eigenvalue weighted by Gasteiger charge is 2.52. The van der Waals surface area contributed by atoms with Crippen LogP contribution in [0.15, 0.2) is 0 Å². The molecule has 24 heavy (non-hydrogen) atoms. The quantitative estimate of drug-likeness (QED) is 0.679. The maximum Gasteiger partial charge on any atom is 0.325 e. The third kappa shape index (κ3) is 3.26. The summed E-state index contributed by atoms with van der Waals surface area (Å²) in [5, 5.41) is 5.37. The second-order valence-corrected chi connectivity index (χ2v) is 9.48. The monoisotopic (exact) mass is 357 g/mol. The van der Waals surface area contributed by atoms with Gasteiger partial charge in [0, 0.05) is 6.04 Å². The molecule has 3 rings (SSSR count). The van der Waals surface area contributed by atoms with Crippen LogP contribution in [0, 0.1) is 5.92 Å². The van der Waals surface area contributed by atoms with E-state index in [0.29, 0.717) is 25.2 Å². The van der Waals surface area contributed by atoms with Crippen LogP contribution in [0.1, 0.15) is 39.0 Å². The number of hydrogen-bond donors (Lipinski definition) is 2. The predicted molar refractivity (Wildman–Crippen MR) is 85.8 cm³/mol. The van der Waals surface area contributed by atoms with Gasteiger partial charge in [0.1, 0.15) is 12.1 Å². The fourth-order valence-corrected chi connectivity index (χ4v) is 5.41. The van der Waals surface area contributed by atoms with Gasteiger partial charge in [-0.15, -0.1) is 0 Å². The molecule has 8 nitrogen and oxygen atoms in total. The summed E-state index contributed by atoms with van der Waals surface area (Å²) >= 11 is 0. The molecule has 134 valence electrons. The molecule has 2 aliphatic heterocycles. The average Bonchev–Trinajstić information content (AvgIpc) is 2.95. The molecule has 0 aromatic rings. The van der Waals surface area contributed by atoms with Gasteiger partial charge in [-0.25, -0.2) is 13.2 Å². The second-order valence-electron chi connectivity index (χ2n) is 7.25. The van der Waals surface area contributed by atoms with Gasteiger partial charge in [-0.05, 0) is 38.0 Å². The summed E-state index contributed by atoms with van der Waals surface area (Å²) in [6.45, 7) is 1.76. The Bertz CT molecular complexity index is 667. The van der Waals surface area contributed by atoms with Crippen LogP contribution in [0.3, 0.4) is 0 Å². The summed E-state index contributed by atoms with van der Waals surface area (Å²) < 4.78 is 22.8. The van der Waals surface area contributed by atoms with Gasteiger partial charge in [0.15, 0.2) is 9.84 Å². The predicted octanol–water partition coefficient (Wildman–Crippen LogP) is -0.210. The number of hydrogen-bond acceptors (Lipinski definition) is 5. The van der Waals surface area contributed by atoms with Crippen LogP contribution >= 0.6 is 0 Å². The van der Waals surface area contributed by atoms with Crippen molar-refractivity contribution in [2.45, 2.75) is 50.6 Å². The first-order valence-electron chi connectivity index (χ1n) is 8.35. The van der Waals surface area contributed by atoms with Crippen LogP contribution in [0.4, 0.5) is 4.79 Å². The van der Waals surface area contributed by atoms with E-state index in [4.69, 9.17) is 0 Å². The molecular weight excluding hydrogens is 334 g/mol. The van der Waals surface area contributed by atoms with Gasteiger partial charge in [-0.1, -0.05) is 6.92 Å². The van der Waals surface area contributed by atoms with E-state index < -0.39 is 33.4 Å². The molecule has 1 aliphatic carbocycles. The van der Waals surface area contributed by atoms with Gasteiger partial charge in [0.05, 0.1) is 11.5 Å². The van der Waals surface area contributed by atoms with Crippen LogP contribution in [0.2, 0.25) is 0 Å². The maximum absolute atomic E-state index is 12.6. The molecule has 0 aromatic heterocycles. The zero-order valence-electron chi connectivity index (χ0n) is 13.7. The van der Waals surface area contributed by atoms with Crippen molar-refractivity contribution in [3.63, 3.8) is 0 Å². The number of nitrogens with one attached hydrogen (secondary N) is 2. The number of sulfone groups is 1. The fraction of sp³-hybridized carbons (Fsp3) is 0.800. The number of rotatable bonds is 3. The molecule has 3 fully saturated rings. The van der Waals surface area contributed by atoms with Gasteiger partial charge in [0.2, 0.25) is 5.91 Å². The topological polar surface area (TPSA) is 113 Å². The Hall–Kier alpha value is -1.64. The fourth-order valence-electron chi connectivity index (χ4n) is 3.74. The molecule has 9 heteroatoms. The summed E-state index contributed by atoms with van der Waals surface area (Å²) in [5.41, 5.74) is -0.861. The number of amides is 4. The lowest BCUT2D eigenvalue weighted by Crippen LogP contribution is -2.50. The smallest absolute Gasteiger partial charge is 0.325 e. The van der Waals surface area contributed by atoms with Crippen molar-refractivity contribution in [1.29, 1.82) is 0 Å². The molecule has 1 atom stereocenters. The third-order valence-electron chi connectivity index (χ3n) is 5.27. The first-order valence-corrected chi connectivity index (χ1v) is 10.2. The minimum Gasteiger partial charge on any atom is -0.351 e. The molecule has 0 bridgehead atoms. The molecule has 2 heterocycles. The standard InChI is InChI=1S/C15H23N3O5S/c1-10-2-5-15(6-3-10)13(20)18(14(21)17-15)8-12(19)16-11-4-7-24(22,23)9-11/h10-11H,2-9H2,1H3,(H,16,19)(H,17,21)/t10?,11-,15?/m1/s1. The van der Waals surface area contributed by atoms with Crippen LogP contribution in [0.25, 0.3) is 0 Å². The third-order valence-corrected chi connectivity index (χ3v) is 7.04. The number of carbonyl (C=O) groups is 3. The first kappa shape index (κ1) is 17.2. The van der Waals surface area contributed by atoms with Gasteiger partial charge in [0.25, 0.3) is 5.91 Å². The number of carbonyl (C=O) groups excluding carboxylic acids is 3. The summed E-state index contributed by atoms with van der Waals surface area (Å²) in [6.07, 6.45) is 3.30. The molecule has 2 saturated heterocycles. The van der Waals surface area contributed by atoms with Crippen molar-refractivity contribution in [3.8, 4) is 0 Å². The highest BCUT2D eigenvalue weighted by Crippen LogP contribution is 2.36. The van der Waals surface area contributed by atoms with Crippen molar-refractivity contribution in [1.82, 2.24) is 15.5 Å². The Morgan fingerprint density at radius 3 is 2.54 bits per heavy atom. The normalized spacial score (nSPS) is 35.3. The highest BCUT2D eigenvalue weighted by atomic mass is 32.2. The van der Waals surface area contributed by atoms with E-state index >= 15 is 0 Å². The highest BCUT2D eigenvalue weighted by molar-refractivity contribution is 7.91. The van der Waals surface area contributed by atoms with Crippen LogP contribution in [-0.2, 0) is 19.4 Å². The molecule has 1 saturated carbocycles. The summed E-state index contributed by atoms with van der Waals surface area (Å²) in [4.78, 5) is 37.8. The number of imide groups is 1. The summed E-state index contributed by atoms with van der Waals surface area (Å²) in [5.74, 6) is -0.333. The van der Waals surface area contributed by atoms with Crippen LogP contribution in [0.5, 0.6) is 0 Å². The van der Waals surface area contributed by atoms with Gasteiger partial charge in [-0.2, -0.15) is 0 Å². The van der Waals surface area contributed by atoms with E-state index in [2.05, 4.69) is 17.6 Å². The van der Waals surface area contributed by atoms with E-state index in [1.165, 1.54) is 0 Å².